The molecule has 35 heavy (non-hydrogen) atoms. The SMILES string of the molecule is Cc1oc2cc(OC(=O)CCNC(=O)OCc3ccccc3)ccc2c(=O)c1-c1ccc(Cl)cc1. The lowest BCUT2D eigenvalue weighted by Crippen LogP contribution is -2.27. The number of carbonyl (C=O) groups excluding carboxylic acids is 2. The summed E-state index contributed by atoms with van der Waals surface area (Å²) in [6.07, 6.45) is -0.683. The number of fused-ring (bicyclic) bond motifs is 1. The van der Waals surface area contributed by atoms with Gasteiger partial charge >= 0.3 is 12.1 Å². The molecule has 4 rings (SSSR count). The molecule has 0 fully saturated rings. The predicted octanol–water partition coefficient (Wildman–Crippen LogP) is 5.64. The van der Waals surface area contributed by atoms with Crippen LogP contribution in [0.25, 0.3) is 22.1 Å². The third-order valence-corrected chi connectivity index (χ3v) is 5.47. The lowest BCUT2D eigenvalue weighted by molar-refractivity contribution is -0.134. The van der Waals surface area contributed by atoms with Gasteiger partial charge in [-0.15, -0.1) is 0 Å². The van der Waals surface area contributed by atoms with Crippen LogP contribution < -0.4 is 15.5 Å². The second kappa shape index (κ2) is 10.9. The van der Waals surface area contributed by atoms with Crippen LogP contribution in [0.3, 0.4) is 0 Å². The van der Waals surface area contributed by atoms with Gasteiger partial charge in [-0.3, -0.25) is 9.59 Å². The van der Waals surface area contributed by atoms with Gasteiger partial charge in [-0.05, 0) is 42.3 Å². The van der Waals surface area contributed by atoms with E-state index in [1.807, 2.05) is 30.3 Å². The number of nitrogens with one attached hydrogen (secondary N) is 1. The zero-order chi connectivity index (χ0) is 24.8. The minimum absolute atomic E-state index is 0.0542. The fourth-order valence-corrected chi connectivity index (χ4v) is 3.65. The average Bonchev–Trinajstić information content (AvgIpc) is 2.84. The van der Waals surface area contributed by atoms with Crippen LogP contribution in [0.1, 0.15) is 17.7 Å². The van der Waals surface area contributed by atoms with E-state index < -0.39 is 12.1 Å². The Labute approximate surface area is 206 Å². The van der Waals surface area contributed by atoms with E-state index in [-0.39, 0.29) is 30.8 Å². The van der Waals surface area contributed by atoms with Gasteiger partial charge in [0.15, 0.2) is 0 Å². The molecule has 4 aromatic rings. The highest BCUT2D eigenvalue weighted by molar-refractivity contribution is 6.30. The Morgan fingerprint density at radius 2 is 1.74 bits per heavy atom. The molecule has 0 radical (unpaired) electrons. The van der Waals surface area contributed by atoms with E-state index in [1.165, 1.54) is 12.1 Å². The van der Waals surface area contributed by atoms with E-state index in [0.29, 0.717) is 32.9 Å². The molecule has 1 N–H and O–H groups in total. The lowest BCUT2D eigenvalue weighted by Gasteiger charge is -2.09. The smallest absolute Gasteiger partial charge is 0.407 e. The number of esters is 1. The molecule has 0 aliphatic carbocycles. The lowest BCUT2D eigenvalue weighted by atomic mass is 10.0. The van der Waals surface area contributed by atoms with E-state index >= 15 is 0 Å². The number of hydrogen-bond donors (Lipinski definition) is 1. The number of amides is 1. The third kappa shape index (κ3) is 6.07. The first kappa shape index (κ1) is 24.0. The van der Waals surface area contributed by atoms with Gasteiger partial charge in [-0.1, -0.05) is 54.1 Å². The summed E-state index contributed by atoms with van der Waals surface area (Å²) < 4.78 is 16.3. The van der Waals surface area contributed by atoms with Crippen molar-refractivity contribution >= 4 is 34.6 Å². The fraction of sp³-hybridized carbons (Fsp3) is 0.148. The van der Waals surface area contributed by atoms with Crippen molar-refractivity contribution in [3.63, 3.8) is 0 Å². The standard InChI is InChI=1S/C27H22ClNO6/c1-17-25(19-7-9-20(28)10-8-19)26(31)22-12-11-21(15-23(22)34-17)35-24(30)13-14-29-27(32)33-16-18-5-3-2-4-6-18/h2-12,15H,13-14,16H2,1H3,(H,29,32). The first-order valence-electron chi connectivity index (χ1n) is 10.9. The van der Waals surface area contributed by atoms with E-state index in [9.17, 15) is 14.4 Å². The van der Waals surface area contributed by atoms with Crippen LogP contribution in [0.4, 0.5) is 4.79 Å². The molecule has 0 atom stereocenters. The monoisotopic (exact) mass is 491 g/mol. The van der Waals surface area contributed by atoms with Crippen LogP contribution in [-0.2, 0) is 16.1 Å². The Bertz CT molecular complexity index is 1410. The third-order valence-electron chi connectivity index (χ3n) is 5.22. The van der Waals surface area contributed by atoms with E-state index in [4.69, 9.17) is 25.5 Å². The molecule has 3 aromatic carbocycles. The van der Waals surface area contributed by atoms with Gasteiger partial charge in [0.1, 0.15) is 23.7 Å². The van der Waals surface area contributed by atoms with Crippen LogP contribution in [-0.4, -0.2) is 18.6 Å². The summed E-state index contributed by atoms with van der Waals surface area (Å²) in [5, 5.41) is 3.44. The number of hydrogen-bond acceptors (Lipinski definition) is 6. The van der Waals surface area contributed by atoms with Crippen molar-refractivity contribution in [2.45, 2.75) is 20.0 Å². The van der Waals surface area contributed by atoms with Crippen molar-refractivity contribution in [3.8, 4) is 16.9 Å². The summed E-state index contributed by atoms with van der Waals surface area (Å²) in [5.74, 6) is 0.118. The second-order valence-electron chi connectivity index (χ2n) is 7.74. The Morgan fingerprint density at radius 3 is 2.49 bits per heavy atom. The number of ether oxygens (including phenoxy) is 2. The highest BCUT2D eigenvalue weighted by atomic mass is 35.5. The average molecular weight is 492 g/mol. The molecular weight excluding hydrogens is 470 g/mol. The van der Waals surface area contributed by atoms with Gasteiger partial charge in [0.25, 0.3) is 0 Å². The van der Waals surface area contributed by atoms with Crippen LogP contribution in [0.5, 0.6) is 5.75 Å². The number of aryl methyl sites for hydroxylation is 1. The normalized spacial score (nSPS) is 10.7. The molecule has 1 amide bonds. The van der Waals surface area contributed by atoms with Crippen LogP contribution >= 0.6 is 11.6 Å². The molecule has 1 aromatic heterocycles. The van der Waals surface area contributed by atoms with Crippen LogP contribution in [0, 0.1) is 6.92 Å². The molecule has 7 nitrogen and oxygen atoms in total. The number of halogens is 1. The quantitative estimate of drug-likeness (QED) is 0.265. The molecule has 0 saturated heterocycles. The van der Waals surface area contributed by atoms with Crippen molar-refractivity contribution < 1.29 is 23.5 Å². The maximum Gasteiger partial charge on any atom is 0.407 e. The van der Waals surface area contributed by atoms with Crippen LogP contribution in [0.15, 0.2) is 82.0 Å². The van der Waals surface area contributed by atoms with Crippen molar-refractivity contribution in [2.75, 3.05) is 6.54 Å². The summed E-state index contributed by atoms with van der Waals surface area (Å²) in [6, 6.07) is 20.8. The number of rotatable bonds is 7. The predicted molar refractivity (Wildman–Crippen MR) is 133 cm³/mol. The first-order chi connectivity index (χ1) is 16.9. The Hall–Kier alpha value is -4.10. The summed E-state index contributed by atoms with van der Waals surface area (Å²) in [5.41, 5.74) is 2.12. The molecule has 0 unspecified atom stereocenters. The van der Waals surface area contributed by atoms with E-state index in [0.717, 1.165) is 5.56 Å². The van der Waals surface area contributed by atoms with Crippen molar-refractivity contribution in [2.24, 2.45) is 0 Å². The highest BCUT2D eigenvalue weighted by Crippen LogP contribution is 2.27. The number of carbonyl (C=O) groups is 2. The maximum absolute atomic E-state index is 13.1. The molecule has 0 spiro atoms. The maximum atomic E-state index is 13.1. The van der Waals surface area contributed by atoms with E-state index in [2.05, 4.69) is 5.32 Å². The van der Waals surface area contributed by atoms with Crippen molar-refractivity contribution in [1.29, 1.82) is 0 Å². The summed E-state index contributed by atoms with van der Waals surface area (Å²) in [6.45, 7) is 1.89. The largest absolute Gasteiger partial charge is 0.460 e. The van der Waals surface area contributed by atoms with Gasteiger partial charge in [-0.25, -0.2) is 4.79 Å². The van der Waals surface area contributed by atoms with Gasteiger partial charge in [0.2, 0.25) is 5.43 Å². The van der Waals surface area contributed by atoms with Crippen LogP contribution in [0.2, 0.25) is 5.02 Å². The minimum atomic E-state index is -0.624. The Morgan fingerprint density at radius 1 is 1.00 bits per heavy atom. The second-order valence-corrected chi connectivity index (χ2v) is 8.18. The first-order valence-corrected chi connectivity index (χ1v) is 11.3. The number of alkyl carbamates (subject to hydrolysis) is 1. The molecular formula is C27H22ClNO6. The van der Waals surface area contributed by atoms with Gasteiger partial charge in [0.05, 0.1) is 17.4 Å². The summed E-state index contributed by atoms with van der Waals surface area (Å²) >= 11 is 5.95. The fourth-order valence-electron chi connectivity index (χ4n) is 3.52. The van der Waals surface area contributed by atoms with Crippen molar-refractivity contribution in [3.05, 3.63) is 99.4 Å². The zero-order valence-corrected chi connectivity index (χ0v) is 19.6. The highest BCUT2D eigenvalue weighted by Gasteiger charge is 2.15. The summed E-state index contributed by atoms with van der Waals surface area (Å²) in [7, 11) is 0. The number of benzene rings is 3. The Balaban J connectivity index is 1.35. The van der Waals surface area contributed by atoms with Crippen molar-refractivity contribution in [1.82, 2.24) is 5.32 Å². The molecule has 0 aliphatic heterocycles. The minimum Gasteiger partial charge on any atom is -0.460 e. The van der Waals surface area contributed by atoms with E-state index in [1.54, 1.807) is 37.3 Å². The molecule has 178 valence electrons. The van der Waals surface area contributed by atoms with Gasteiger partial charge in [0, 0.05) is 17.6 Å². The topological polar surface area (TPSA) is 94.8 Å². The molecule has 0 bridgehead atoms. The molecule has 8 heteroatoms. The van der Waals surface area contributed by atoms with Gasteiger partial charge in [-0.2, -0.15) is 0 Å². The zero-order valence-electron chi connectivity index (χ0n) is 18.9. The Kier molecular flexibility index (Phi) is 7.48. The molecule has 0 saturated carbocycles. The molecule has 0 aliphatic rings. The molecule has 1 heterocycles. The summed E-state index contributed by atoms with van der Waals surface area (Å²) in [4.78, 5) is 37.0. The van der Waals surface area contributed by atoms with Gasteiger partial charge < -0.3 is 19.2 Å².